The maximum Gasteiger partial charge on any atom is 0.308 e. The highest BCUT2D eigenvalue weighted by molar-refractivity contribution is 5.92. The van der Waals surface area contributed by atoms with Gasteiger partial charge in [0.1, 0.15) is 5.60 Å². The van der Waals surface area contributed by atoms with E-state index in [0.717, 1.165) is 38.5 Å². The quantitative estimate of drug-likeness (QED) is 0.648. The van der Waals surface area contributed by atoms with Gasteiger partial charge >= 0.3 is 5.97 Å². The molecule has 6 heteroatoms. The average molecular weight is 433 g/mol. The molecule has 0 aromatic rings. The summed E-state index contributed by atoms with van der Waals surface area (Å²) in [5, 5.41) is 20.9. The Morgan fingerprint density at radius 2 is 1.84 bits per heavy atom. The van der Waals surface area contributed by atoms with Crippen molar-refractivity contribution in [2.24, 2.45) is 28.6 Å². The minimum absolute atomic E-state index is 0.0549. The summed E-state index contributed by atoms with van der Waals surface area (Å²) in [5.41, 5.74) is -0.639. The molecule has 2 N–H and O–H groups in total. The molecule has 0 saturated heterocycles. The fourth-order valence-corrected chi connectivity index (χ4v) is 7.60. The van der Waals surface area contributed by atoms with Crippen LogP contribution in [0.4, 0.5) is 0 Å². The van der Waals surface area contributed by atoms with Crippen molar-refractivity contribution >= 4 is 17.5 Å². The molecule has 31 heavy (non-hydrogen) atoms. The Bertz CT molecular complexity index is 815. The third-order valence-corrected chi connectivity index (χ3v) is 9.40. The number of Topliss-reactive ketones (excluding diaryl/α,β-unsaturated/α-hetero) is 1. The van der Waals surface area contributed by atoms with Gasteiger partial charge in [0.2, 0.25) is 5.78 Å². The summed E-state index contributed by atoms with van der Waals surface area (Å²) in [6.45, 7) is 5.42. The van der Waals surface area contributed by atoms with Gasteiger partial charge in [0.05, 0.1) is 12.5 Å². The monoisotopic (exact) mass is 432 g/mol. The molecule has 7 atom stereocenters. The molecule has 0 amide bonds. The van der Waals surface area contributed by atoms with Gasteiger partial charge in [0.25, 0.3) is 0 Å². The van der Waals surface area contributed by atoms with Gasteiger partial charge in [-0.05, 0) is 81.1 Å². The molecule has 1 unspecified atom stereocenters. The maximum atomic E-state index is 13.1. The number of rotatable bonds is 5. The minimum atomic E-state index is -1.48. The predicted molar refractivity (Wildman–Crippen MR) is 114 cm³/mol. The van der Waals surface area contributed by atoms with Crippen molar-refractivity contribution < 1.29 is 29.3 Å². The normalized spacial score (nSPS) is 42.7. The van der Waals surface area contributed by atoms with E-state index in [4.69, 9.17) is 4.74 Å². The fourth-order valence-electron chi connectivity index (χ4n) is 7.60. The van der Waals surface area contributed by atoms with E-state index in [1.54, 1.807) is 0 Å². The van der Waals surface area contributed by atoms with E-state index in [1.165, 1.54) is 12.5 Å². The summed E-state index contributed by atoms with van der Waals surface area (Å²) >= 11 is 0. The van der Waals surface area contributed by atoms with E-state index < -0.39 is 35.5 Å². The Morgan fingerprint density at radius 3 is 2.55 bits per heavy atom. The van der Waals surface area contributed by atoms with Crippen molar-refractivity contribution in [1.82, 2.24) is 0 Å². The molecule has 0 spiro atoms. The highest BCUT2D eigenvalue weighted by atomic mass is 16.5. The van der Waals surface area contributed by atoms with Crippen LogP contribution in [0.15, 0.2) is 11.6 Å². The number of carbonyl (C=O) groups is 3. The highest BCUT2D eigenvalue weighted by Gasteiger charge is 2.66. The molecule has 0 aromatic heterocycles. The van der Waals surface area contributed by atoms with Crippen LogP contribution in [-0.4, -0.2) is 46.1 Å². The van der Waals surface area contributed by atoms with Crippen LogP contribution in [0.25, 0.3) is 0 Å². The van der Waals surface area contributed by atoms with Gasteiger partial charge in [-0.3, -0.25) is 14.4 Å². The smallest absolute Gasteiger partial charge is 0.308 e. The molecule has 0 bridgehead atoms. The Labute approximate surface area is 184 Å². The van der Waals surface area contributed by atoms with Gasteiger partial charge in [-0.15, -0.1) is 0 Å². The Kier molecular flexibility index (Phi) is 5.70. The zero-order valence-corrected chi connectivity index (χ0v) is 19.0. The topological polar surface area (TPSA) is 101 Å². The van der Waals surface area contributed by atoms with Crippen molar-refractivity contribution in [3.63, 3.8) is 0 Å². The van der Waals surface area contributed by atoms with Crippen LogP contribution < -0.4 is 0 Å². The summed E-state index contributed by atoms with van der Waals surface area (Å²) in [6, 6.07) is 0. The summed E-state index contributed by atoms with van der Waals surface area (Å²) < 4.78 is 5.07. The lowest BCUT2D eigenvalue weighted by molar-refractivity contribution is -0.170. The Hall–Kier alpha value is -1.53. The Balaban J connectivity index is 1.51. The van der Waals surface area contributed by atoms with Crippen molar-refractivity contribution in [3.05, 3.63) is 11.6 Å². The van der Waals surface area contributed by atoms with Crippen LogP contribution in [0.2, 0.25) is 0 Å². The molecule has 0 aliphatic heterocycles. The van der Waals surface area contributed by atoms with Crippen molar-refractivity contribution in [2.75, 3.05) is 6.61 Å². The molecule has 4 aliphatic rings. The Morgan fingerprint density at radius 1 is 1.13 bits per heavy atom. The lowest BCUT2D eigenvalue weighted by Gasteiger charge is -2.58. The van der Waals surface area contributed by atoms with Gasteiger partial charge < -0.3 is 14.9 Å². The average Bonchev–Trinajstić information content (AvgIpc) is 2.98. The minimum Gasteiger partial charge on any atom is -0.457 e. The SMILES string of the molecule is CC(O)CC(=O)OCC(=O)[C@@]1(O)CC[C@H]2[C@@H]3CCC4=CC(=O)CC[C@]4(C)[C@H]3CC[C@@]21C. The molecule has 3 saturated carbocycles. The van der Waals surface area contributed by atoms with Crippen LogP contribution >= 0.6 is 0 Å². The molecule has 6 nitrogen and oxygen atoms in total. The predicted octanol–water partition coefficient (Wildman–Crippen LogP) is 3.13. The first-order valence-corrected chi connectivity index (χ1v) is 11.8. The molecule has 0 aromatic carbocycles. The third-order valence-electron chi connectivity index (χ3n) is 9.40. The van der Waals surface area contributed by atoms with E-state index in [1.807, 2.05) is 6.08 Å². The van der Waals surface area contributed by atoms with Crippen LogP contribution in [0.3, 0.4) is 0 Å². The first-order valence-electron chi connectivity index (χ1n) is 11.8. The second-order valence-electron chi connectivity index (χ2n) is 11.0. The molecular weight excluding hydrogens is 396 g/mol. The first kappa shape index (κ1) is 22.7. The van der Waals surface area contributed by atoms with Crippen LogP contribution in [0.1, 0.15) is 78.6 Å². The summed E-state index contributed by atoms with van der Waals surface area (Å²) in [7, 11) is 0. The number of hydrogen-bond donors (Lipinski definition) is 2. The van der Waals surface area contributed by atoms with Crippen LogP contribution in [-0.2, 0) is 19.1 Å². The molecule has 0 heterocycles. The summed E-state index contributed by atoms with van der Waals surface area (Å²) in [6.07, 6.45) is 7.28. The van der Waals surface area contributed by atoms with Crippen molar-refractivity contribution in [2.45, 2.75) is 90.3 Å². The van der Waals surface area contributed by atoms with Crippen molar-refractivity contribution in [1.29, 1.82) is 0 Å². The largest absolute Gasteiger partial charge is 0.457 e. The zero-order valence-electron chi connectivity index (χ0n) is 19.0. The summed E-state index contributed by atoms with van der Waals surface area (Å²) in [4.78, 5) is 36.8. The van der Waals surface area contributed by atoms with Crippen LogP contribution in [0, 0.1) is 28.6 Å². The lowest BCUT2D eigenvalue weighted by Crippen LogP contribution is -2.58. The van der Waals surface area contributed by atoms with E-state index in [2.05, 4.69) is 13.8 Å². The highest BCUT2D eigenvalue weighted by Crippen LogP contribution is 2.67. The number of aliphatic hydroxyl groups excluding tert-OH is 1. The van der Waals surface area contributed by atoms with E-state index in [-0.39, 0.29) is 23.5 Å². The second-order valence-corrected chi connectivity index (χ2v) is 11.0. The number of hydrogen-bond acceptors (Lipinski definition) is 6. The number of fused-ring (bicyclic) bond motifs is 5. The maximum absolute atomic E-state index is 13.1. The molecule has 4 rings (SSSR count). The van der Waals surface area contributed by atoms with Gasteiger partial charge in [0.15, 0.2) is 12.4 Å². The molecule has 3 fully saturated rings. The second kappa shape index (κ2) is 7.80. The number of allylic oxidation sites excluding steroid dienone is 1. The first-order chi connectivity index (χ1) is 14.5. The molecule has 4 aliphatic carbocycles. The van der Waals surface area contributed by atoms with Gasteiger partial charge in [-0.2, -0.15) is 0 Å². The fraction of sp³-hybridized carbons (Fsp3) is 0.800. The number of esters is 1. The van der Waals surface area contributed by atoms with E-state index >= 15 is 0 Å². The van der Waals surface area contributed by atoms with Gasteiger partial charge in [-0.25, -0.2) is 0 Å². The molecule has 0 radical (unpaired) electrons. The number of carbonyl (C=O) groups excluding carboxylic acids is 3. The van der Waals surface area contributed by atoms with Gasteiger partial charge in [0, 0.05) is 11.8 Å². The number of ketones is 2. The van der Waals surface area contributed by atoms with Gasteiger partial charge in [-0.1, -0.05) is 19.4 Å². The number of ether oxygens (including phenoxy) is 1. The van der Waals surface area contributed by atoms with E-state index in [9.17, 15) is 24.6 Å². The number of aliphatic hydroxyl groups is 2. The van der Waals surface area contributed by atoms with E-state index in [0.29, 0.717) is 24.7 Å². The zero-order chi connectivity index (χ0) is 22.6. The molecular formula is C25H36O6. The lowest BCUT2D eigenvalue weighted by atomic mass is 9.46. The standard InChI is InChI=1S/C25H36O6/c1-15(26)12-22(29)31-14-21(28)25(30)11-8-20-18-5-4-16-13-17(27)6-9-23(16,2)19(18)7-10-24(20,25)3/h13,15,18-20,26,30H,4-12,14H2,1-3H3/t15?,18-,19+,20+,23+,24+,25+/m1/s1. The third kappa shape index (κ3) is 3.50. The molecule has 172 valence electrons. The summed E-state index contributed by atoms with van der Waals surface area (Å²) in [5.74, 6) is 0.387. The van der Waals surface area contributed by atoms with Crippen LogP contribution in [0.5, 0.6) is 0 Å². The van der Waals surface area contributed by atoms with Crippen molar-refractivity contribution in [3.8, 4) is 0 Å².